The topological polar surface area (TPSA) is 80.4 Å². The van der Waals surface area contributed by atoms with E-state index in [0.717, 1.165) is 5.56 Å². The van der Waals surface area contributed by atoms with Crippen molar-refractivity contribution in [1.82, 2.24) is 0 Å². The molecule has 2 aromatic rings. The van der Waals surface area contributed by atoms with Crippen LogP contribution in [0.4, 0.5) is 5.69 Å². The number of allylic oxidation sites excluding steroid dienone is 1. The Hall–Kier alpha value is -2.79. The zero-order valence-electron chi connectivity index (χ0n) is 12.6. The maximum Gasteiger partial charge on any atom is 0.269 e. The average Bonchev–Trinajstić information content (AvgIpc) is 2.59. The van der Waals surface area contributed by atoms with Crippen LogP contribution < -0.4 is 0 Å². The highest BCUT2D eigenvalue weighted by atomic mass is 16.6. The van der Waals surface area contributed by atoms with E-state index in [-0.39, 0.29) is 11.5 Å². The van der Waals surface area contributed by atoms with Crippen LogP contribution >= 0.6 is 0 Å². The molecule has 0 heterocycles. The van der Waals surface area contributed by atoms with E-state index in [1.807, 2.05) is 30.3 Å². The molecule has 2 rings (SSSR count). The molecular weight excluding hydrogens is 294 g/mol. The lowest BCUT2D eigenvalue weighted by molar-refractivity contribution is -0.384. The first kappa shape index (κ1) is 16.6. The minimum atomic E-state index is -1.01. The monoisotopic (exact) mass is 311 g/mol. The van der Waals surface area contributed by atoms with E-state index in [9.17, 15) is 20.0 Å². The molecule has 0 spiro atoms. The van der Waals surface area contributed by atoms with Crippen molar-refractivity contribution >= 4 is 17.5 Å². The summed E-state index contributed by atoms with van der Waals surface area (Å²) in [6.07, 6.45) is 2.12. The third kappa shape index (κ3) is 4.34. The second-order valence-electron chi connectivity index (χ2n) is 5.23. The molecule has 0 bridgehead atoms. The van der Waals surface area contributed by atoms with Crippen molar-refractivity contribution < 1.29 is 14.8 Å². The van der Waals surface area contributed by atoms with Gasteiger partial charge in [0.25, 0.3) is 5.69 Å². The fourth-order valence-corrected chi connectivity index (χ4v) is 2.13. The molecule has 0 aliphatic heterocycles. The largest absolute Gasteiger partial charge is 0.388 e. The van der Waals surface area contributed by atoms with Gasteiger partial charge in [-0.15, -0.1) is 0 Å². The summed E-state index contributed by atoms with van der Waals surface area (Å²) in [6, 6.07) is 15.0. The van der Waals surface area contributed by atoms with Crippen molar-refractivity contribution in [3.8, 4) is 0 Å². The summed E-state index contributed by atoms with van der Waals surface area (Å²) in [5, 5.41) is 20.9. The van der Waals surface area contributed by atoms with Crippen LogP contribution in [0.2, 0.25) is 0 Å². The molecule has 1 N–H and O–H groups in total. The molecule has 0 radical (unpaired) electrons. The number of nitro groups is 1. The molecule has 2 atom stereocenters. The van der Waals surface area contributed by atoms with Gasteiger partial charge in [0.2, 0.25) is 0 Å². The lowest BCUT2D eigenvalue weighted by Gasteiger charge is -2.16. The molecule has 0 amide bonds. The Balaban J connectivity index is 2.06. The van der Waals surface area contributed by atoms with Gasteiger partial charge in [0.1, 0.15) is 0 Å². The summed E-state index contributed by atoms with van der Waals surface area (Å²) in [5.74, 6) is -0.851. The third-order valence-electron chi connectivity index (χ3n) is 3.61. The van der Waals surface area contributed by atoms with Gasteiger partial charge >= 0.3 is 0 Å². The molecule has 2 aromatic carbocycles. The highest BCUT2D eigenvalue weighted by Gasteiger charge is 2.22. The first-order chi connectivity index (χ1) is 11.0. The van der Waals surface area contributed by atoms with Crippen molar-refractivity contribution in [1.29, 1.82) is 0 Å². The third-order valence-corrected chi connectivity index (χ3v) is 3.61. The summed E-state index contributed by atoms with van der Waals surface area (Å²) in [6.45, 7) is 1.63. The molecule has 5 heteroatoms. The molecule has 0 unspecified atom stereocenters. The molecule has 118 valence electrons. The van der Waals surface area contributed by atoms with Crippen LogP contribution in [0.5, 0.6) is 0 Å². The average molecular weight is 311 g/mol. The number of carbonyl (C=O) groups is 1. The predicted molar refractivity (Wildman–Crippen MR) is 87.7 cm³/mol. The summed E-state index contributed by atoms with van der Waals surface area (Å²) in [7, 11) is 0. The van der Waals surface area contributed by atoms with Gasteiger partial charge in [-0.3, -0.25) is 14.9 Å². The maximum atomic E-state index is 12.2. The van der Waals surface area contributed by atoms with E-state index in [4.69, 9.17) is 0 Å². The van der Waals surface area contributed by atoms with Gasteiger partial charge in [0.05, 0.1) is 11.0 Å². The van der Waals surface area contributed by atoms with E-state index in [1.54, 1.807) is 13.0 Å². The number of ketones is 1. The minimum Gasteiger partial charge on any atom is -0.388 e. The van der Waals surface area contributed by atoms with Gasteiger partial charge in [-0.05, 0) is 29.3 Å². The number of rotatable bonds is 6. The molecule has 0 aliphatic carbocycles. The van der Waals surface area contributed by atoms with Crippen LogP contribution in [0, 0.1) is 16.0 Å². The highest BCUT2D eigenvalue weighted by Crippen LogP contribution is 2.25. The van der Waals surface area contributed by atoms with E-state index in [2.05, 4.69) is 0 Å². The first-order valence-electron chi connectivity index (χ1n) is 7.18. The number of aliphatic hydroxyl groups is 1. The van der Waals surface area contributed by atoms with Crippen LogP contribution in [0.1, 0.15) is 24.2 Å². The Kier molecular flexibility index (Phi) is 5.38. The fraction of sp³-hybridized carbons (Fsp3) is 0.167. The Morgan fingerprint density at radius 2 is 1.74 bits per heavy atom. The molecule has 0 saturated carbocycles. The smallest absolute Gasteiger partial charge is 0.269 e. The number of aliphatic hydroxyl groups excluding tert-OH is 1. The molecule has 5 nitrogen and oxygen atoms in total. The van der Waals surface area contributed by atoms with Crippen molar-refractivity contribution in [2.75, 3.05) is 0 Å². The van der Waals surface area contributed by atoms with Gasteiger partial charge in [-0.25, -0.2) is 0 Å². The van der Waals surface area contributed by atoms with Gasteiger partial charge in [-0.2, -0.15) is 0 Å². The standard InChI is InChI=1S/C18H17NO4/c1-13(17(20)12-7-14-5-3-2-4-6-14)18(21)15-8-10-16(11-9-15)19(22)23/h2-13,18,21H,1H3/b12-7+/t13-,18+/m0/s1. The number of hydrogen-bond acceptors (Lipinski definition) is 4. The Labute approximate surface area is 134 Å². The maximum absolute atomic E-state index is 12.2. The van der Waals surface area contributed by atoms with E-state index < -0.39 is 16.9 Å². The quantitative estimate of drug-likeness (QED) is 0.502. The number of carbonyl (C=O) groups excluding carboxylic acids is 1. The number of hydrogen-bond donors (Lipinski definition) is 1. The molecule has 0 fully saturated rings. The zero-order chi connectivity index (χ0) is 16.8. The Morgan fingerprint density at radius 1 is 1.13 bits per heavy atom. The molecule has 0 aromatic heterocycles. The van der Waals surface area contributed by atoms with Gasteiger partial charge in [-0.1, -0.05) is 43.3 Å². The molecule has 23 heavy (non-hydrogen) atoms. The van der Waals surface area contributed by atoms with Crippen LogP contribution in [-0.2, 0) is 4.79 Å². The lowest BCUT2D eigenvalue weighted by atomic mass is 9.93. The van der Waals surface area contributed by atoms with E-state index >= 15 is 0 Å². The van der Waals surface area contributed by atoms with Gasteiger partial charge in [0.15, 0.2) is 5.78 Å². The molecule has 0 aliphatic rings. The summed E-state index contributed by atoms with van der Waals surface area (Å²) < 4.78 is 0. The zero-order valence-corrected chi connectivity index (χ0v) is 12.6. The van der Waals surface area contributed by atoms with E-state index in [1.165, 1.54) is 30.3 Å². The Morgan fingerprint density at radius 3 is 2.30 bits per heavy atom. The highest BCUT2D eigenvalue weighted by molar-refractivity contribution is 5.95. The fourth-order valence-electron chi connectivity index (χ4n) is 2.13. The van der Waals surface area contributed by atoms with Crippen LogP contribution in [0.25, 0.3) is 6.08 Å². The normalized spacial score (nSPS) is 13.7. The Bertz CT molecular complexity index is 708. The van der Waals surface area contributed by atoms with Crippen LogP contribution in [0.15, 0.2) is 60.7 Å². The second kappa shape index (κ2) is 7.47. The van der Waals surface area contributed by atoms with Gasteiger partial charge < -0.3 is 5.11 Å². The number of nitrogens with zero attached hydrogens (tertiary/aromatic N) is 1. The minimum absolute atomic E-state index is 0.0519. The SMILES string of the molecule is C[C@@H](C(=O)/C=C/c1ccccc1)[C@@H](O)c1ccc([N+](=O)[O-])cc1. The molecule has 0 saturated heterocycles. The van der Waals surface area contributed by atoms with Crippen LogP contribution in [0.3, 0.4) is 0 Å². The summed E-state index contributed by atoms with van der Waals surface area (Å²) in [5.41, 5.74) is 1.33. The number of benzene rings is 2. The van der Waals surface area contributed by atoms with Crippen molar-refractivity contribution in [2.45, 2.75) is 13.0 Å². The van der Waals surface area contributed by atoms with Crippen molar-refractivity contribution in [3.63, 3.8) is 0 Å². The van der Waals surface area contributed by atoms with Crippen molar-refractivity contribution in [2.24, 2.45) is 5.92 Å². The molecular formula is C18H17NO4. The first-order valence-corrected chi connectivity index (χ1v) is 7.18. The van der Waals surface area contributed by atoms with E-state index in [0.29, 0.717) is 5.56 Å². The summed E-state index contributed by atoms with van der Waals surface area (Å²) in [4.78, 5) is 22.3. The summed E-state index contributed by atoms with van der Waals surface area (Å²) >= 11 is 0. The lowest BCUT2D eigenvalue weighted by Crippen LogP contribution is -2.17. The van der Waals surface area contributed by atoms with Crippen molar-refractivity contribution in [3.05, 3.63) is 81.9 Å². The predicted octanol–water partition coefficient (Wildman–Crippen LogP) is 3.55. The van der Waals surface area contributed by atoms with Gasteiger partial charge in [0, 0.05) is 18.1 Å². The second-order valence-corrected chi connectivity index (χ2v) is 5.23. The number of non-ortho nitro benzene ring substituents is 1. The van der Waals surface area contributed by atoms with Crippen LogP contribution in [-0.4, -0.2) is 15.8 Å². The number of nitro benzene ring substituents is 1.